The van der Waals surface area contributed by atoms with E-state index in [0.717, 1.165) is 11.6 Å². The summed E-state index contributed by atoms with van der Waals surface area (Å²) in [6.45, 7) is 2.35. The second kappa shape index (κ2) is 4.75. The van der Waals surface area contributed by atoms with E-state index in [2.05, 4.69) is 27.7 Å². The Morgan fingerprint density at radius 1 is 1.53 bits per heavy atom. The van der Waals surface area contributed by atoms with Crippen LogP contribution in [0.5, 0.6) is 0 Å². The van der Waals surface area contributed by atoms with Gasteiger partial charge in [-0.1, -0.05) is 19.8 Å². The Morgan fingerprint density at radius 3 is 3.00 bits per heavy atom. The second-order valence-corrected chi connectivity index (χ2v) is 4.69. The molecule has 0 aromatic carbocycles. The van der Waals surface area contributed by atoms with E-state index in [1.54, 1.807) is 0 Å². The highest BCUT2D eigenvalue weighted by Crippen LogP contribution is 2.35. The van der Waals surface area contributed by atoms with E-state index >= 15 is 0 Å². The van der Waals surface area contributed by atoms with Crippen molar-refractivity contribution in [2.24, 2.45) is 11.8 Å². The van der Waals surface area contributed by atoms with Crippen LogP contribution in [0, 0.1) is 11.8 Å². The van der Waals surface area contributed by atoms with Crippen molar-refractivity contribution >= 4 is 0 Å². The summed E-state index contributed by atoms with van der Waals surface area (Å²) in [5, 5.41) is 14.1. The van der Waals surface area contributed by atoms with Crippen LogP contribution in [0.15, 0.2) is 6.20 Å². The van der Waals surface area contributed by atoms with Gasteiger partial charge in [-0.25, -0.2) is 0 Å². The predicted octanol–water partition coefficient (Wildman–Crippen LogP) is 1.89. The van der Waals surface area contributed by atoms with Gasteiger partial charge in [0.2, 0.25) is 0 Å². The molecule has 84 valence electrons. The number of H-pyrrole nitrogens is 1. The number of aromatic nitrogens is 3. The SMILES string of the molecule is CNC(c1cn[nH]n1)C1CCCC(C)C1. The van der Waals surface area contributed by atoms with Crippen LogP contribution < -0.4 is 5.32 Å². The summed E-state index contributed by atoms with van der Waals surface area (Å²) in [6, 6.07) is 0.367. The highest BCUT2D eigenvalue weighted by molar-refractivity contribution is 5.02. The maximum absolute atomic E-state index is 4.19. The van der Waals surface area contributed by atoms with Crippen molar-refractivity contribution in [3.63, 3.8) is 0 Å². The van der Waals surface area contributed by atoms with Crippen molar-refractivity contribution in [3.8, 4) is 0 Å². The molecule has 1 heterocycles. The molecule has 2 N–H and O–H groups in total. The smallest absolute Gasteiger partial charge is 0.0996 e. The Labute approximate surface area is 90.8 Å². The molecule has 1 aromatic rings. The second-order valence-electron chi connectivity index (χ2n) is 4.69. The van der Waals surface area contributed by atoms with E-state index in [1.807, 2.05) is 13.2 Å². The van der Waals surface area contributed by atoms with Crippen LogP contribution in [0.2, 0.25) is 0 Å². The van der Waals surface area contributed by atoms with Gasteiger partial charge in [-0.2, -0.15) is 15.4 Å². The first-order valence-corrected chi connectivity index (χ1v) is 5.84. The number of aromatic amines is 1. The summed E-state index contributed by atoms with van der Waals surface area (Å²) < 4.78 is 0. The maximum Gasteiger partial charge on any atom is 0.0996 e. The molecule has 15 heavy (non-hydrogen) atoms. The summed E-state index contributed by atoms with van der Waals surface area (Å²) in [5.74, 6) is 1.57. The minimum Gasteiger partial charge on any atom is -0.311 e. The lowest BCUT2D eigenvalue weighted by atomic mass is 9.78. The molecular weight excluding hydrogens is 188 g/mol. The minimum absolute atomic E-state index is 0.367. The van der Waals surface area contributed by atoms with Crippen LogP contribution in [0.4, 0.5) is 0 Å². The first-order valence-electron chi connectivity index (χ1n) is 5.84. The zero-order valence-electron chi connectivity index (χ0n) is 9.53. The number of nitrogens with one attached hydrogen (secondary N) is 2. The van der Waals surface area contributed by atoms with Gasteiger partial charge in [0.05, 0.1) is 17.9 Å². The van der Waals surface area contributed by atoms with Crippen molar-refractivity contribution < 1.29 is 0 Å². The van der Waals surface area contributed by atoms with Gasteiger partial charge in [0, 0.05) is 0 Å². The van der Waals surface area contributed by atoms with Gasteiger partial charge >= 0.3 is 0 Å². The Bertz CT molecular complexity index is 283. The van der Waals surface area contributed by atoms with E-state index in [1.165, 1.54) is 25.7 Å². The molecule has 4 heteroatoms. The minimum atomic E-state index is 0.367. The first-order chi connectivity index (χ1) is 7.31. The zero-order chi connectivity index (χ0) is 10.7. The summed E-state index contributed by atoms with van der Waals surface area (Å²) in [5.41, 5.74) is 1.05. The topological polar surface area (TPSA) is 53.6 Å². The Hall–Kier alpha value is -0.900. The van der Waals surface area contributed by atoms with E-state index in [0.29, 0.717) is 12.0 Å². The van der Waals surface area contributed by atoms with Crippen molar-refractivity contribution in [1.29, 1.82) is 0 Å². The average Bonchev–Trinajstić information content (AvgIpc) is 2.72. The van der Waals surface area contributed by atoms with Crippen LogP contribution >= 0.6 is 0 Å². The summed E-state index contributed by atoms with van der Waals surface area (Å²) >= 11 is 0. The van der Waals surface area contributed by atoms with E-state index < -0.39 is 0 Å². The molecule has 1 fully saturated rings. The quantitative estimate of drug-likeness (QED) is 0.797. The largest absolute Gasteiger partial charge is 0.311 e. The third-order valence-electron chi connectivity index (χ3n) is 3.51. The molecule has 2 rings (SSSR count). The van der Waals surface area contributed by atoms with Gasteiger partial charge in [0.15, 0.2) is 0 Å². The standard InChI is InChI=1S/C11H20N4/c1-8-4-3-5-9(6-8)11(12-2)10-7-13-15-14-10/h7-9,11-12H,3-6H2,1-2H3,(H,13,14,15). The van der Waals surface area contributed by atoms with Crippen molar-refractivity contribution in [3.05, 3.63) is 11.9 Å². The molecule has 1 aliphatic rings. The van der Waals surface area contributed by atoms with Crippen LogP contribution in [0.3, 0.4) is 0 Å². The molecule has 1 aromatic heterocycles. The number of rotatable bonds is 3. The number of hydrogen-bond donors (Lipinski definition) is 2. The van der Waals surface area contributed by atoms with Crippen LogP contribution in [-0.4, -0.2) is 22.5 Å². The lowest BCUT2D eigenvalue weighted by Gasteiger charge is -2.32. The summed E-state index contributed by atoms with van der Waals surface area (Å²) in [6.07, 6.45) is 7.18. The van der Waals surface area contributed by atoms with Crippen LogP contribution in [0.25, 0.3) is 0 Å². The molecule has 3 unspecified atom stereocenters. The zero-order valence-corrected chi connectivity index (χ0v) is 9.53. The van der Waals surface area contributed by atoms with Crippen molar-refractivity contribution in [2.45, 2.75) is 38.6 Å². The molecule has 0 aliphatic heterocycles. The third kappa shape index (κ3) is 2.37. The molecule has 0 saturated heterocycles. The normalized spacial score (nSPS) is 28.9. The van der Waals surface area contributed by atoms with Gasteiger partial charge in [-0.15, -0.1) is 0 Å². The van der Waals surface area contributed by atoms with E-state index in [4.69, 9.17) is 0 Å². The monoisotopic (exact) mass is 208 g/mol. The fourth-order valence-electron chi connectivity index (χ4n) is 2.77. The summed E-state index contributed by atoms with van der Waals surface area (Å²) in [7, 11) is 2.01. The maximum atomic E-state index is 4.19. The molecule has 1 saturated carbocycles. The summed E-state index contributed by atoms with van der Waals surface area (Å²) in [4.78, 5) is 0. The Kier molecular flexibility index (Phi) is 3.36. The molecule has 4 nitrogen and oxygen atoms in total. The molecule has 0 spiro atoms. The van der Waals surface area contributed by atoms with Gasteiger partial charge in [-0.05, 0) is 31.7 Å². The van der Waals surface area contributed by atoms with Crippen LogP contribution in [-0.2, 0) is 0 Å². The lowest BCUT2D eigenvalue weighted by molar-refractivity contribution is 0.227. The number of nitrogens with zero attached hydrogens (tertiary/aromatic N) is 2. The van der Waals surface area contributed by atoms with Gasteiger partial charge < -0.3 is 5.32 Å². The first kappa shape index (κ1) is 10.6. The Balaban J connectivity index is 2.06. The van der Waals surface area contributed by atoms with E-state index in [-0.39, 0.29) is 0 Å². The van der Waals surface area contributed by atoms with Crippen molar-refractivity contribution in [2.75, 3.05) is 7.05 Å². The fourth-order valence-corrected chi connectivity index (χ4v) is 2.77. The Morgan fingerprint density at radius 2 is 2.40 bits per heavy atom. The molecule has 0 radical (unpaired) electrons. The molecule has 3 atom stereocenters. The lowest BCUT2D eigenvalue weighted by Crippen LogP contribution is -2.29. The average molecular weight is 208 g/mol. The van der Waals surface area contributed by atoms with Gasteiger partial charge in [-0.3, -0.25) is 0 Å². The third-order valence-corrected chi connectivity index (χ3v) is 3.51. The fraction of sp³-hybridized carbons (Fsp3) is 0.818. The molecule has 0 amide bonds. The molecule has 0 bridgehead atoms. The van der Waals surface area contributed by atoms with E-state index in [9.17, 15) is 0 Å². The predicted molar refractivity (Wildman–Crippen MR) is 59.3 cm³/mol. The molecule has 1 aliphatic carbocycles. The highest BCUT2D eigenvalue weighted by atomic mass is 15.3. The molecular formula is C11H20N4. The van der Waals surface area contributed by atoms with Crippen LogP contribution in [0.1, 0.15) is 44.3 Å². The number of hydrogen-bond acceptors (Lipinski definition) is 3. The van der Waals surface area contributed by atoms with Gasteiger partial charge in [0.25, 0.3) is 0 Å². The van der Waals surface area contributed by atoms with Crippen molar-refractivity contribution in [1.82, 2.24) is 20.7 Å². The highest BCUT2D eigenvalue weighted by Gasteiger charge is 2.28. The van der Waals surface area contributed by atoms with Gasteiger partial charge in [0.1, 0.15) is 0 Å².